The van der Waals surface area contributed by atoms with Crippen molar-refractivity contribution < 1.29 is 8.42 Å². The Hall–Kier alpha value is -1.65. The molecule has 0 unspecified atom stereocenters. The van der Waals surface area contributed by atoms with E-state index in [1.807, 2.05) is 44.2 Å². The summed E-state index contributed by atoms with van der Waals surface area (Å²) in [5.41, 5.74) is 5.71. The highest BCUT2D eigenvalue weighted by molar-refractivity contribution is 7.88. The van der Waals surface area contributed by atoms with E-state index in [0.717, 1.165) is 29.5 Å². The fourth-order valence-electron chi connectivity index (χ4n) is 3.26. The molecule has 1 aliphatic carbocycles. The molecule has 1 N–H and O–H groups in total. The van der Waals surface area contributed by atoms with Crippen LogP contribution in [0.5, 0.6) is 0 Å². The summed E-state index contributed by atoms with van der Waals surface area (Å²) in [4.78, 5) is 0. The van der Waals surface area contributed by atoms with E-state index in [1.54, 1.807) is 0 Å². The average Bonchev–Trinajstić information content (AvgIpc) is 2.93. The molecule has 3 nitrogen and oxygen atoms in total. The molecule has 0 spiro atoms. The molecular weight excluding hydrogens is 306 g/mol. The van der Waals surface area contributed by atoms with Gasteiger partial charge in [-0.05, 0) is 55.4 Å². The first-order valence-corrected chi connectivity index (χ1v) is 9.75. The molecule has 3 rings (SSSR count). The maximum atomic E-state index is 12.4. The first-order chi connectivity index (χ1) is 10.9. The van der Waals surface area contributed by atoms with Gasteiger partial charge in [-0.2, -0.15) is 0 Å². The average molecular weight is 329 g/mol. The molecule has 23 heavy (non-hydrogen) atoms. The molecule has 0 radical (unpaired) electrons. The standard InChI is InChI=1S/C19H23NO2S/c1-14-5-3-6-16(11-14)13-23(21,22)20-15(2)18-10-9-17-7-4-8-19(17)12-18/h3,5-6,9-12,15,20H,4,7-8,13H2,1-2H3/t15-/m1/s1. The second-order valence-corrected chi connectivity index (χ2v) is 8.22. The summed E-state index contributed by atoms with van der Waals surface area (Å²) >= 11 is 0. The predicted octanol–water partition coefficient (Wildman–Crippen LogP) is 3.66. The van der Waals surface area contributed by atoms with Crippen LogP contribution in [0.4, 0.5) is 0 Å². The molecule has 0 fully saturated rings. The van der Waals surface area contributed by atoms with Crippen LogP contribution in [-0.2, 0) is 28.6 Å². The largest absolute Gasteiger partial charge is 0.216 e. The van der Waals surface area contributed by atoms with Gasteiger partial charge in [-0.15, -0.1) is 0 Å². The van der Waals surface area contributed by atoms with Gasteiger partial charge in [0, 0.05) is 6.04 Å². The van der Waals surface area contributed by atoms with Crippen molar-refractivity contribution in [2.45, 2.75) is 44.9 Å². The number of rotatable bonds is 5. The first-order valence-electron chi connectivity index (χ1n) is 8.10. The smallest absolute Gasteiger partial charge is 0.212 e. The lowest BCUT2D eigenvalue weighted by atomic mass is 10.0. The molecule has 1 atom stereocenters. The van der Waals surface area contributed by atoms with Crippen molar-refractivity contribution in [3.8, 4) is 0 Å². The molecule has 0 heterocycles. The van der Waals surface area contributed by atoms with Gasteiger partial charge in [0.05, 0.1) is 5.75 Å². The van der Waals surface area contributed by atoms with Crippen LogP contribution in [0.25, 0.3) is 0 Å². The minimum Gasteiger partial charge on any atom is -0.212 e. The highest BCUT2D eigenvalue weighted by Crippen LogP contribution is 2.25. The number of hydrogen-bond donors (Lipinski definition) is 1. The van der Waals surface area contributed by atoms with Gasteiger partial charge in [-0.3, -0.25) is 0 Å². The van der Waals surface area contributed by atoms with Crippen LogP contribution in [0, 0.1) is 6.92 Å². The van der Waals surface area contributed by atoms with E-state index in [9.17, 15) is 8.42 Å². The van der Waals surface area contributed by atoms with Crippen LogP contribution in [0.1, 0.15) is 47.2 Å². The van der Waals surface area contributed by atoms with E-state index in [1.165, 1.54) is 17.5 Å². The zero-order valence-electron chi connectivity index (χ0n) is 13.7. The molecule has 0 aliphatic heterocycles. The third-order valence-corrected chi connectivity index (χ3v) is 5.84. The summed E-state index contributed by atoms with van der Waals surface area (Å²) in [6.07, 6.45) is 3.45. The summed E-state index contributed by atoms with van der Waals surface area (Å²) in [5, 5.41) is 0. The number of nitrogens with one attached hydrogen (secondary N) is 1. The second kappa shape index (κ2) is 6.46. The zero-order valence-corrected chi connectivity index (χ0v) is 14.5. The second-order valence-electron chi connectivity index (χ2n) is 6.47. The maximum Gasteiger partial charge on any atom is 0.216 e. The van der Waals surface area contributed by atoms with Gasteiger partial charge in [0.15, 0.2) is 0 Å². The van der Waals surface area contributed by atoms with Gasteiger partial charge in [0.2, 0.25) is 10.0 Å². The summed E-state index contributed by atoms with van der Waals surface area (Å²) in [6.45, 7) is 3.88. The molecular formula is C19H23NO2S. The molecule has 122 valence electrons. The van der Waals surface area contributed by atoms with Crippen LogP contribution in [0.2, 0.25) is 0 Å². The molecule has 2 aromatic carbocycles. The Labute approximate surface area is 138 Å². The Balaban J connectivity index is 1.72. The van der Waals surface area contributed by atoms with Crippen molar-refractivity contribution in [1.82, 2.24) is 4.72 Å². The first kappa shape index (κ1) is 16.2. The quantitative estimate of drug-likeness (QED) is 0.910. The molecule has 0 bridgehead atoms. The Morgan fingerprint density at radius 2 is 1.87 bits per heavy atom. The summed E-state index contributed by atoms with van der Waals surface area (Å²) in [6, 6.07) is 13.8. The molecule has 0 saturated carbocycles. The van der Waals surface area contributed by atoms with Crippen LogP contribution in [-0.4, -0.2) is 8.42 Å². The van der Waals surface area contributed by atoms with Crippen LogP contribution < -0.4 is 4.72 Å². The molecule has 1 aliphatic rings. The van der Waals surface area contributed by atoms with E-state index in [4.69, 9.17) is 0 Å². The summed E-state index contributed by atoms with van der Waals surface area (Å²) in [7, 11) is -3.36. The van der Waals surface area contributed by atoms with Crippen molar-refractivity contribution >= 4 is 10.0 Å². The maximum absolute atomic E-state index is 12.4. The van der Waals surface area contributed by atoms with Gasteiger partial charge in [-0.1, -0.05) is 48.0 Å². The lowest BCUT2D eigenvalue weighted by Crippen LogP contribution is -2.28. The monoisotopic (exact) mass is 329 g/mol. The van der Waals surface area contributed by atoms with Gasteiger partial charge >= 0.3 is 0 Å². The number of aryl methyl sites for hydroxylation is 3. The lowest BCUT2D eigenvalue weighted by Gasteiger charge is -2.16. The van der Waals surface area contributed by atoms with Gasteiger partial charge in [0.1, 0.15) is 0 Å². The Morgan fingerprint density at radius 3 is 2.65 bits per heavy atom. The SMILES string of the molecule is Cc1cccc(CS(=O)(=O)N[C@H](C)c2ccc3c(c2)CCC3)c1. The molecule has 0 aromatic heterocycles. The van der Waals surface area contributed by atoms with Gasteiger partial charge in [-0.25, -0.2) is 13.1 Å². The molecule has 2 aromatic rings. The highest BCUT2D eigenvalue weighted by Gasteiger charge is 2.18. The van der Waals surface area contributed by atoms with Crippen molar-refractivity contribution in [1.29, 1.82) is 0 Å². The lowest BCUT2D eigenvalue weighted by molar-refractivity contribution is 0.566. The summed E-state index contributed by atoms with van der Waals surface area (Å²) < 4.78 is 27.6. The van der Waals surface area contributed by atoms with Crippen molar-refractivity contribution in [2.24, 2.45) is 0 Å². The van der Waals surface area contributed by atoms with Crippen LogP contribution >= 0.6 is 0 Å². The Morgan fingerprint density at radius 1 is 1.09 bits per heavy atom. The third kappa shape index (κ3) is 4.01. The van der Waals surface area contributed by atoms with E-state index in [-0.39, 0.29) is 11.8 Å². The number of sulfonamides is 1. The zero-order chi connectivity index (χ0) is 16.4. The highest BCUT2D eigenvalue weighted by atomic mass is 32.2. The van der Waals surface area contributed by atoms with Crippen molar-refractivity contribution in [2.75, 3.05) is 0 Å². The summed E-state index contributed by atoms with van der Waals surface area (Å²) in [5.74, 6) is 0.0178. The fraction of sp³-hybridized carbons (Fsp3) is 0.368. The van der Waals surface area contributed by atoms with Crippen molar-refractivity contribution in [3.05, 3.63) is 70.3 Å². The predicted molar refractivity (Wildman–Crippen MR) is 93.8 cm³/mol. The van der Waals surface area contributed by atoms with Crippen molar-refractivity contribution in [3.63, 3.8) is 0 Å². The Kier molecular flexibility index (Phi) is 4.55. The molecule has 4 heteroatoms. The van der Waals surface area contributed by atoms with E-state index >= 15 is 0 Å². The van der Waals surface area contributed by atoms with E-state index in [0.29, 0.717) is 0 Å². The number of benzene rings is 2. The Bertz CT molecular complexity index is 812. The minimum absolute atomic E-state index is 0.0178. The number of hydrogen-bond acceptors (Lipinski definition) is 2. The molecule has 0 saturated heterocycles. The molecule has 0 amide bonds. The van der Waals surface area contributed by atoms with Crippen LogP contribution in [0.15, 0.2) is 42.5 Å². The van der Waals surface area contributed by atoms with Gasteiger partial charge < -0.3 is 0 Å². The fourth-order valence-corrected chi connectivity index (χ4v) is 4.64. The van der Waals surface area contributed by atoms with E-state index in [2.05, 4.69) is 16.9 Å². The number of fused-ring (bicyclic) bond motifs is 1. The van der Waals surface area contributed by atoms with E-state index < -0.39 is 10.0 Å². The topological polar surface area (TPSA) is 46.2 Å². The minimum atomic E-state index is -3.36. The third-order valence-electron chi connectivity index (χ3n) is 4.42. The van der Waals surface area contributed by atoms with Crippen LogP contribution in [0.3, 0.4) is 0 Å². The van der Waals surface area contributed by atoms with Gasteiger partial charge in [0.25, 0.3) is 0 Å². The normalized spacial score (nSPS) is 15.4.